The fourth-order valence-electron chi connectivity index (χ4n) is 1.48. The molecule has 16 heavy (non-hydrogen) atoms. The number of aryl methyl sites for hydroxylation is 1. The largest absolute Gasteiger partial charge is 1.00 e. The van der Waals surface area contributed by atoms with Gasteiger partial charge in [0.25, 0.3) is 0 Å². The van der Waals surface area contributed by atoms with Gasteiger partial charge in [-0.25, -0.2) is 9.13 Å². The maximum atomic E-state index is 11.8. The molecule has 0 N–H and O–H groups in total. The van der Waals surface area contributed by atoms with E-state index in [9.17, 15) is 4.79 Å². The monoisotopic (exact) mass is 280 g/mol. The lowest BCUT2D eigenvalue weighted by Crippen LogP contribution is -3.00. The van der Waals surface area contributed by atoms with Crippen molar-refractivity contribution in [3.8, 4) is 0 Å². The highest BCUT2D eigenvalue weighted by molar-refractivity contribution is 5.95. The number of benzene rings is 1. The Bertz CT molecular complexity index is 465. The number of hydrogen-bond acceptors (Lipinski definition) is 1. The summed E-state index contributed by atoms with van der Waals surface area (Å²) in [5.41, 5.74) is 0.758. The van der Waals surface area contributed by atoms with Crippen molar-refractivity contribution < 1.29 is 26.3 Å². The second-order valence-corrected chi connectivity index (χ2v) is 3.54. The van der Waals surface area contributed by atoms with Gasteiger partial charge in [-0.1, -0.05) is 30.3 Å². The number of nitrogens with zero attached hydrogens (tertiary/aromatic N) is 2. The van der Waals surface area contributed by atoms with Crippen LogP contribution in [-0.2, 0) is 13.6 Å². The van der Waals surface area contributed by atoms with Crippen LogP contribution in [0.1, 0.15) is 10.4 Å². The normalized spacial score (nSPS) is 9.56. The van der Waals surface area contributed by atoms with E-state index in [-0.39, 0.29) is 22.8 Å². The molecule has 1 aromatic carbocycles. The number of ketones is 1. The molecule has 2 aromatic rings. The molecule has 0 saturated heterocycles. The van der Waals surface area contributed by atoms with Crippen molar-refractivity contribution in [2.24, 2.45) is 7.05 Å². The Kier molecular flexibility index (Phi) is 4.43. The minimum Gasteiger partial charge on any atom is -1.00 e. The number of carbonyl (C=O) groups is 1. The number of halogens is 1. The number of imidazole rings is 1. The average molecular weight is 281 g/mol. The summed E-state index contributed by atoms with van der Waals surface area (Å²) in [5.74, 6) is 0.131. The van der Waals surface area contributed by atoms with Crippen molar-refractivity contribution in [2.45, 2.75) is 6.54 Å². The van der Waals surface area contributed by atoms with Gasteiger partial charge in [0.2, 0.25) is 12.1 Å². The van der Waals surface area contributed by atoms with Crippen LogP contribution in [0.4, 0.5) is 0 Å². The van der Waals surface area contributed by atoms with Gasteiger partial charge in [0.15, 0.2) is 6.54 Å². The third kappa shape index (κ3) is 3.03. The second kappa shape index (κ2) is 5.61. The lowest BCUT2D eigenvalue weighted by molar-refractivity contribution is -0.671. The smallest absolute Gasteiger partial charge is 0.243 e. The molecule has 0 bridgehead atoms. The van der Waals surface area contributed by atoms with E-state index in [0.717, 1.165) is 5.56 Å². The highest BCUT2D eigenvalue weighted by atomic mass is 79.9. The van der Waals surface area contributed by atoms with E-state index in [1.165, 1.54) is 0 Å². The van der Waals surface area contributed by atoms with Crippen LogP contribution in [0, 0.1) is 0 Å². The zero-order valence-electron chi connectivity index (χ0n) is 9.01. The Morgan fingerprint density at radius 1 is 1.31 bits per heavy atom. The quantitative estimate of drug-likeness (QED) is 0.481. The van der Waals surface area contributed by atoms with Crippen LogP contribution in [0.2, 0.25) is 0 Å². The molecule has 0 aliphatic rings. The standard InChI is InChI=1S/C12H13N2O.BrH/c1-13-7-8-14(10-13)9-12(15)11-5-3-2-4-6-11;/h2-8,10H,9H2,1H3;1H/q+1;/p-1. The van der Waals surface area contributed by atoms with Gasteiger partial charge in [-0.05, 0) is 0 Å². The molecule has 0 unspecified atom stereocenters. The second-order valence-electron chi connectivity index (χ2n) is 3.54. The van der Waals surface area contributed by atoms with Crippen molar-refractivity contribution in [3.63, 3.8) is 0 Å². The van der Waals surface area contributed by atoms with Crippen LogP contribution in [0.15, 0.2) is 49.1 Å². The maximum absolute atomic E-state index is 11.8. The first kappa shape index (κ1) is 12.6. The van der Waals surface area contributed by atoms with E-state index < -0.39 is 0 Å². The van der Waals surface area contributed by atoms with Gasteiger partial charge in [0, 0.05) is 5.56 Å². The van der Waals surface area contributed by atoms with Crippen molar-refractivity contribution in [1.82, 2.24) is 4.57 Å². The van der Waals surface area contributed by atoms with Crippen LogP contribution in [0.5, 0.6) is 0 Å². The van der Waals surface area contributed by atoms with E-state index in [4.69, 9.17) is 0 Å². The molecule has 0 aliphatic carbocycles. The zero-order valence-corrected chi connectivity index (χ0v) is 10.6. The van der Waals surface area contributed by atoms with Crippen molar-refractivity contribution >= 4 is 5.78 Å². The first-order valence-electron chi connectivity index (χ1n) is 4.85. The average Bonchev–Trinajstić information content (AvgIpc) is 2.65. The molecule has 0 amide bonds. The number of carbonyl (C=O) groups excluding carboxylic acids is 1. The van der Waals surface area contributed by atoms with Gasteiger partial charge in [0.05, 0.1) is 7.05 Å². The first-order valence-corrected chi connectivity index (χ1v) is 4.85. The molecule has 84 valence electrons. The molecule has 0 saturated carbocycles. The molecule has 4 heteroatoms. The van der Waals surface area contributed by atoms with E-state index in [0.29, 0.717) is 6.54 Å². The zero-order chi connectivity index (χ0) is 10.7. The summed E-state index contributed by atoms with van der Waals surface area (Å²) in [5, 5.41) is 0. The molecule has 0 aliphatic heterocycles. The lowest BCUT2D eigenvalue weighted by atomic mass is 10.1. The molecule has 2 rings (SSSR count). The van der Waals surface area contributed by atoms with Gasteiger partial charge in [0.1, 0.15) is 12.4 Å². The van der Waals surface area contributed by atoms with Gasteiger partial charge >= 0.3 is 0 Å². The van der Waals surface area contributed by atoms with Crippen LogP contribution >= 0.6 is 0 Å². The van der Waals surface area contributed by atoms with Crippen LogP contribution < -0.4 is 21.5 Å². The number of hydrogen-bond donors (Lipinski definition) is 0. The molecule has 0 spiro atoms. The number of rotatable bonds is 3. The summed E-state index contributed by atoms with van der Waals surface area (Å²) in [6.07, 6.45) is 5.69. The third-order valence-corrected chi connectivity index (χ3v) is 2.25. The topological polar surface area (TPSA) is 25.9 Å². The summed E-state index contributed by atoms with van der Waals surface area (Å²) in [4.78, 5) is 11.8. The minimum atomic E-state index is 0. The predicted octanol–water partition coefficient (Wildman–Crippen LogP) is -1.80. The summed E-state index contributed by atoms with van der Waals surface area (Å²) < 4.78 is 3.79. The Hall–Kier alpha value is -1.42. The molecular weight excluding hydrogens is 268 g/mol. The van der Waals surface area contributed by atoms with E-state index in [2.05, 4.69) is 0 Å². The molecular formula is C12H13BrN2O. The van der Waals surface area contributed by atoms with Crippen LogP contribution in [-0.4, -0.2) is 10.4 Å². The number of aromatic nitrogens is 2. The Morgan fingerprint density at radius 2 is 2.00 bits per heavy atom. The third-order valence-electron chi connectivity index (χ3n) is 2.25. The van der Waals surface area contributed by atoms with Crippen molar-refractivity contribution in [3.05, 3.63) is 54.6 Å². The molecule has 3 nitrogen and oxygen atoms in total. The molecule has 0 fully saturated rings. The molecule has 1 heterocycles. The Balaban J connectivity index is 0.00000128. The van der Waals surface area contributed by atoms with Crippen molar-refractivity contribution in [1.29, 1.82) is 0 Å². The van der Waals surface area contributed by atoms with E-state index in [1.54, 1.807) is 0 Å². The predicted molar refractivity (Wildman–Crippen MR) is 56.4 cm³/mol. The highest BCUT2D eigenvalue weighted by Gasteiger charge is 2.09. The van der Waals surface area contributed by atoms with Gasteiger partial charge in [-0.3, -0.25) is 4.79 Å². The Labute approximate surface area is 105 Å². The maximum Gasteiger partial charge on any atom is 0.243 e. The number of Topliss-reactive ketones (excluding diaryl/α,β-unsaturated/α-hetero) is 1. The summed E-state index contributed by atoms with van der Waals surface area (Å²) in [7, 11) is 1.93. The fraction of sp³-hybridized carbons (Fsp3) is 0.167. The molecule has 0 atom stereocenters. The SMILES string of the molecule is C[n+]1ccn(CC(=O)c2ccccc2)c1.[Br-]. The first-order chi connectivity index (χ1) is 7.25. The highest BCUT2D eigenvalue weighted by Crippen LogP contribution is 2.01. The van der Waals surface area contributed by atoms with Crippen LogP contribution in [0.25, 0.3) is 0 Å². The van der Waals surface area contributed by atoms with E-state index in [1.807, 2.05) is 65.2 Å². The molecule has 0 radical (unpaired) electrons. The van der Waals surface area contributed by atoms with Crippen molar-refractivity contribution in [2.75, 3.05) is 0 Å². The minimum absolute atomic E-state index is 0. The fourth-order valence-corrected chi connectivity index (χ4v) is 1.48. The lowest BCUT2D eigenvalue weighted by Gasteiger charge is -1.96. The van der Waals surface area contributed by atoms with Gasteiger partial charge in [-0.15, -0.1) is 0 Å². The summed E-state index contributed by atoms with van der Waals surface area (Å²) in [6.45, 7) is 0.394. The van der Waals surface area contributed by atoms with E-state index >= 15 is 0 Å². The van der Waals surface area contributed by atoms with Gasteiger partial charge < -0.3 is 17.0 Å². The summed E-state index contributed by atoms with van der Waals surface area (Å²) >= 11 is 0. The Morgan fingerprint density at radius 3 is 2.56 bits per heavy atom. The van der Waals surface area contributed by atoms with Gasteiger partial charge in [-0.2, -0.15) is 0 Å². The van der Waals surface area contributed by atoms with Crippen LogP contribution in [0.3, 0.4) is 0 Å². The molecule has 1 aromatic heterocycles. The summed E-state index contributed by atoms with van der Waals surface area (Å²) in [6, 6.07) is 9.34.